The van der Waals surface area contributed by atoms with Gasteiger partial charge in [0, 0.05) is 0 Å². The molecule has 2 aromatic rings. The van der Waals surface area contributed by atoms with E-state index in [2.05, 4.69) is 32.0 Å². The molecule has 0 atom stereocenters. The first-order chi connectivity index (χ1) is 7.58. The van der Waals surface area contributed by atoms with E-state index < -0.39 is 0 Å². The van der Waals surface area contributed by atoms with Crippen LogP contribution in [0.25, 0.3) is 11.1 Å². The summed E-state index contributed by atoms with van der Waals surface area (Å²) < 4.78 is 0. The highest BCUT2D eigenvalue weighted by molar-refractivity contribution is 6.32. The number of hydrogen-bond donors (Lipinski definition) is 1. The summed E-state index contributed by atoms with van der Waals surface area (Å²) in [5, 5.41) is 9.74. The maximum absolute atomic E-state index is 9.36. The summed E-state index contributed by atoms with van der Waals surface area (Å²) >= 11 is 5.88. The summed E-state index contributed by atoms with van der Waals surface area (Å²) in [5.41, 5.74) is 4.66. The molecule has 0 unspecified atom stereocenters. The van der Waals surface area contributed by atoms with Crippen molar-refractivity contribution in [1.82, 2.24) is 0 Å². The molecule has 2 heteroatoms. The summed E-state index contributed by atoms with van der Waals surface area (Å²) in [4.78, 5) is 0. The van der Waals surface area contributed by atoms with Gasteiger partial charge in [0.15, 0.2) is 0 Å². The Morgan fingerprint density at radius 1 is 0.875 bits per heavy atom. The first-order valence-electron chi connectivity index (χ1n) is 5.14. The van der Waals surface area contributed by atoms with Crippen molar-refractivity contribution in [3.8, 4) is 16.9 Å². The first-order valence-corrected chi connectivity index (χ1v) is 5.52. The van der Waals surface area contributed by atoms with E-state index in [9.17, 15) is 5.11 Å². The lowest BCUT2D eigenvalue weighted by Gasteiger charge is -2.06. The number of hydrogen-bond acceptors (Lipinski definition) is 1. The second-order valence-corrected chi connectivity index (χ2v) is 4.37. The third-order valence-corrected chi connectivity index (χ3v) is 3.09. The molecule has 2 rings (SSSR count). The van der Waals surface area contributed by atoms with Crippen molar-refractivity contribution in [2.75, 3.05) is 0 Å². The minimum atomic E-state index is 0.120. The number of phenolic OH excluding ortho intramolecular Hbond substituents is 1. The molecule has 0 aliphatic carbocycles. The molecule has 16 heavy (non-hydrogen) atoms. The molecule has 0 spiro atoms. The molecule has 1 nitrogen and oxygen atoms in total. The van der Waals surface area contributed by atoms with Crippen LogP contribution in [0.5, 0.6) is 5.75 Å². The van der Waals surface area contributed by atoms with Crippen molar-refractivity contribution >= 4 is 11.6 Å². The Bertz CT molecular complexity index is 483. The molecule has 0 saturated heterocycles. The average molecular weight is 233 g/mol. The van der Waals surface area contributed by atoms with Crippen molar-refractivity contribution in [1.29, 1.82) is 0 Å². The monoisotopic (exact) mass is 232 g/mol. The van der Waals surface area contributed by atoms with E-state index in [-0.39, 0.29) is 5.75 Å². The Balaban J connectivity index is 2.50. The van der Waals surface area contributed by atoms with Gasteiger partial charge in [0.05, 0.1) is 5.02 Å². The van der Waals surface area contributed by atoms with Crippen LogP contribution in [0.2, 0.25) is 5.02 Å². The summed E-state index contributed by atoms with van der Waals surface area (Å²) in [5.74, 6) is 0.120. The average Bonchev–Trinajstić information content (AvgIpc) is 2.26. The van der Waals surface area contributed by atoms with Gasteiger partial charge in [-0.3, -0.25) is 0 Å². The molecular formula is C14H13ClO. The zero-order valence-electron chi connectivity index (χ0n) is 9.29. The highest BCUT2D eigenvalue weighted by Crippen LogP contribution is 2.30. The smallest absolute Gasteiger partial charge is 0.134 e. The molecule has 0 radical (unpaired) electrons. The minimum absolute atomic E-state index is 0.120. The number of phenols is 1. The quantitative estimate of drug-likeness (QED) is 0.776. The second kappa shape index (κ2) is 4.18. The van der Waals surface area contributed by atoms with Gasteiger partial charge in [-0.05, 0) is 48.2 Å². The first kappa shape index (κ1) is 11.0. The summed E-state index contributed by atoms with van der Waals surface area (Å²) in [6, 6.07) is 11.5. The lowest BCUT2D eigenvalue weighted by Crippen LogP contribution is -1.83. The van der Waals surface area contributed by atoms with Crippen LogP contribution in [0.1, 0.15) is 11.1 Å². The number of halogens is 1. The van der Waals surface area contributed by atoms with E-state index in [1.165, 1.54) is 11.1 Å². The molecular weight excluding hydrogens is 220 g/mol. The Morgan fingerprint density at radius 3 is 2.12 bits per heavy atom. The topological polar surface area (TPSA) is 20.2 Å². The van der Waals surface area contributed by atoms with E-state index in [0.717, 1.165) is 11.1 Å². The molecule has 0 saturated carbocycles. The summed E-state index contributed by atoms with van der Waals surface area (Å²) in [7, 11) is 0. The van der Waals surface area contributed by atoms with Crippen LogP contribution in [-0.4, -0.2) is 5.11 Å². The predicted octanol–water partition coefficient (Wildman–Crippen LogP) is 4.33. The SMILES string of the molecule is Cc1ccc(-c2ccc(O)c(Cl)c2)cc1C. The van der Waals surface area contributed by atoms with Crippen molar-refractivity contribution in [2.24, 2.45) is 0 Å². The van der Waals surface area contributed by atoms with E-state index in [4.69, 9.17) is 11.6 Å². The highest BCUT2D eigenvalue weighted by Gasteiger charge is 2.03. The van der Waals surface area contributed by atoms with Crippen molar-refractivity contribution in [3.63, 3.8) is 0 Å². The van der Waals surface area contributed by atoms with E-state index in [1.54, 1.807) is 12.1 Å². The van der Waals surface area contributed by atoms with Crippen LogP contribution < -0.4 is 0 Å². The fourth-order valence-corrected chi connectivity index (χ4v) is 1.79. The highest BCUT2D eigenvalue weighted by atomic mass is 35.5. The standard InChI is InChI=1S/C14H13ClO/c1-9-3-4-11(7-10(9)2)12-5-6-14(16)13(15)8-12/h3-8,16H,1-2H3. The molecule has 0 aliphatic rings. The third kappa shape index (κ3) is 2.05. The van der Waals surface area contributed by atoms with Gasteiger partial charge in [0.25, 0.3) is 0 Å². The van der Waals surface area contributed by atoms with Crippen LogP contribution in [0, 0.1) is 13.8 Å². The molecule has 2 aromatic carbocycles. The maximum Gasteiger partial charge on any atom is 0.134 e. The molecule has 82 valence electrons. The van der Waals surface area contributed by atoms with Gasteiger partial charge in [0.1, 0.15) is 5.75 Å². The van der Waals surface area contributed by atoms with E-state index in [0.29, 0.717) is 5.02 Å². The number of aryl methyl sites for hydroxylation is 2. The van der Waals surface area contributed by atoms with Gasteiger partial charge in [-0.25, -0.2) is 0 Å². The van der Waals surface area contributed by atoms with Crippen molar-refractivity contribution < 1.29 is 5.11 Å². The fraction of sp³-hybridized carbons (Fsp3) is 0.143. The number of rotatable bonds is 1. The van der Waals surface area contributed by atoms with Crippen LogP contribution in [-0.2, 0) is 0 Å². The van der Waals surface area contributed by atoms with E-state index >= 15 is 0 Å². The molecule has 0 fully saturated rings. The van der Waals surface area contributed by atoms with Gasteiger partial charge in [-0.15, -0.1) is 0 Å². The third-order valence-electron chi connectivity index (χ3n) is 2.79. The van der Waals surface area contributed by atoms with Crippen LogP contribution in [0.15, 0.2) is 36.4 Å². The van der Waals surface area contributed by atoms with Gasteiger partial charge < -0.3 is 5.11 Å². The zero-order chi connectivity index (χ0) is 11.7. The maximum atomic E-state index is 9.36. The second-order valence-electron chi connectivity index (χ2n) is 3.97. The Morgan fingerprint density at radius 2 is 1.50 bits per heavy atom. The molecule has 1 N–H and O–H groups in total. The molecule has 0 aliphatic heterocycles. The Hall–Kier alpha value is -1.47. The Kier molecular flexibility index (Phi) is 2.88. The van der Waals surface area contributed by atoms with Crippen LogP contribution in [0.3, 0.4) is 0 Å². The minimum Gasteiger partial charge on any atom is -0.506 e. The van der Waals surface area contributed by atoms with Gasteiger partial charge in [-0.2, -0.15) is 0 Å². The van der Waals surface area contributed by atoms with Gasteiger partial charge in [-0.1, -0.05) is 35.9 Å². The normalized spacial score (nSPS) is 10.4. The Labute approximate surface area is 100 Å². The summed E-state index contributed by atoms with van der Waals surface area (Å²) in [6.07, 6.45) is 0. The van der Waals surface area contributed by atoms with Crippen LogP contribution in [0.4, 0.5) is 0 Å². The fourth-order valence-electron chi connectivity index (χ4n) is 1.61. The predicted molar refractivity (Wildman–Crippen MR) is 68.0 cm³/mol. The number of benzene rings is 2. The van der Waals surface area contributed by atoms with Gasteiger partial charge >= 0.3 is 0 Å². The molecule has 0 heterocycles. The van der Waals surface area contributed by atoms with Gasteiger partial charge in [0.2, 0.25) is 0 Å². The molecule has 0 aromatic heterocycles. The van der Waals surface area contributed by atoms with Crippen LogP contribution >= 0.6 is 11.6 Å². The zero-order valence-corrected chi connectivity index (χ0v) is 10.0. The largest absolute Gasteiger partial charge is 0.506 e. The molecule has 0 bridgehead atoms. The lowest BCUT2D eigenvalue weighted by molar-refractivity contribution is 0.475. The summed E-state index contributed by atoms with van der Waals surface area (Å²) in [6.45, 7) is 4.17. The van der Waals surface area contributed by atoms with Crippen molar-refractivity contribution in [2.45, 2.75) is 13.8 Å². The molecule has 0 amide bonds. The van der Waals surface area contributed by atoms with E-state index in [1.807, 2.05) is 6.07 Å². The number of aromatic hydroxyl groups is 1. The van der Waals surface area contributed by atoms with Crippen molar-refractivity contribution in [3.05, 3.63) is 52.5 Å². The lowest BCUT2D eigenvalue weighted by atomic mass is 10.0.